The average Bonchev–Trinajstić information content (AvgIpc) is 2.92. The predicted octanol–water partition coefficient (Wildman–Crippen LogP) is 3.19. The van der Waals surface area contributed by atoms with Crippen molar-refractivity contribution in [3.63, 3.8) is 0 Å². The summed E-state index contributed by atoms with van der Waals surface area (Å²) in [5.74, 6) is -3.09. The number of hydroxylamine groups is 1. The van der Waals surface area contributed by atoms with E-state index in [1.807, 2.05) is 24.3 Å². The molecule has 4 rings (SSSR count). The standard InChI is InChI=1S/C24H26N4O4.C2HF3O2/c29-22(28-31)14-24(10-12-25-13-11-24)27-23(30)21-9-8-19(15-26-21)32-16-18-6-3-5-17-4-1-2-7-20(17)18;3-2(4,5)1(6)7/h1-9,15,25,31H,10-14,16H2,(H,27,30)(H,28,29);(H,6,7). The fourth-order valence-electron chi connectivity index (χ4n) is 4.08. The minimum absolute atomic E-state index is 0.00312. The zero-order chi connectivity index (χ0) is 28.5. The van der Waals surface area contributed by atoms with Crippen molar-refractivity contribution in [2.45, 2.75) is 37.6 Å². The summed E-state index contributed by atoms with van der Waals surface area (Å²) < 4.78 is 37.6. The minimum Gasteiger partial charge on any atom is -0.487 e. The van der Waals surface area contributed by atoms with Gasteiger partial charge in [-0.1, -0.05) is 42.5 Å². The van der Waals surface area contributed by atoms with E-state index in [0.717, 1.165) is 16.3 Å². The lowest BCUT2D eigenvalue weighted by molar-refractivity contribution is -0.192. The van der Waals surface area contributed by atoms with E-state index in [9.17, 15) is 22.8 Å². The first-order valence-corrected chi connectivity index (χ1v) is 11.8. The Morgan fingerprint density at radius 1 is 1.03 bits per heavy atom. The Balaban J connectivity index is 0.000000532. The van der Waals surface area contributed by atoms with Crippen LogP contribution in [0.3, 0.4) is 0 Å². The predicted molar refractivity (Wildman–Crippen MR) is 133 cm³/mol. The second kappa shape index (κ2) is 13.0. The number of ether oxygens (including phenoxy) is 1. The highest BCUT2D eigenvalue weighted by Crippen LogP contribution is 2.24. The third-order valence-electron chi connectivity index (χ3n) is 6.05. The van der Waals surface area contributed by atoms with Crippen LogP contribution in [0.5, 0.6) is 5.75 Å². The number of aromatic nitrogens is 1. The van der Waals surface area contributed by atoms with Gasteiger partial charge in [-0.3, -0.25) is 14.8 Å². The van der Waals surface area contributed by atoms with Crippen molar-refractivity contribution in [1.82, 2.24) is 21.1 Å². The number of aliphatic carboxylic acids is 1. The summed E-state index contributed by atoms with van der Waals surface area (Å²) in [5.41, 5.74) is 2.24. The highest BCUT2D eigenvalue weighted by molar-refractivity contribution is 5.93. The van der Waals surface area contributed by atoms with Gasteiger partial charge in [0, 0.05) is 0 Å². The number of alkyl halides is 3. The van der Waals surface area contributed by atoms with E-state index >= 15 is 0 Å². The second-order valence-electron chi connectivity index (χ2n) is 8.81. The first-order valence-electron chi connectivity index (χ1n) is 11.8. The molecule has 2 aromatic carbocycles. The minimum atomic E-state index is -5.08. The second-order valence-corrected chi connectivity index (χ2v) is 8.81. The third-order valence-corrected chi connectivity index (χ3v) is 6.05. The van der Waals surface area contributed by atoms with E-state index in [2.05, 4.69) is 33.8 Å². The number of carbonyl (C=O) groups is 3. The van der Waals surface area contributed by atoms with Gasteiger partial charge >= 0.3 is 12.1 Å². The van der Waals surface area contributed by atoms with Gasteiger partial charge in [-0.15, -0.1) is 0 Å². The zero-order valence-electron chi connectivity index (χ0n) is 20.6. The number of amides is 2. The van der Waals surface area contributed by atoms with Crippen LogP contribution in [0.1, 0.15) is 35.3 Å². The Bertz CT molecular complexity index is 1290. The molecule has 1 fully saturated rings. The Kier molecular flexibility index (Phi) is 9.79. The number of pyridine rings is 1. The van der Waals surface area contributed by atoms with Gasteiger partial charge in [-0.05, 0) is 54.4 Å². The topological polar surface area (TPSA) is 150 Å². The Morgan fingerprint density at radius 2 is 1.69 bits per heavy atom. The molecule has 1 aromatic heterocycles. The Hall–Kier alpha value is -4.23. The molecule has 1 aliphatic rings. The fourth-order valence-corrected chi connectivity index (χ4v) is 4.08. The van der Waals surface area contributed by atoms with Crippen LogP contribution in [0, 0.1) is 0 Å². The summed E-state index contributed by atoms with van der Waals surface area (Å²) in [6, 6.07) is 17.5. The molecule has 0 unspecified atom stereocenters. The molecule has 39 heavy (non-hydrogen) atoms. The largest absolute Gasteiger partial charge is 0.490 e. The lowest BCUT2D eigenvalue weighted by atomic mass is 9.84. The van der Waals surface area contributed by atoms with Crippen LogP contribution in [-0.4, -0.2) is 57.9 Å². The van der Waals surface area contributed by atoms with Crippen molar-refractivity contribution in [3.8, 4) is 5.75 Å². The number of nitrogens with one attached hydrogen (secondary N) is 3. The van der Waals surface area contributed by atoms with Crippen molar-refractivity contribution in [1.29, 1.82) is 0 Å². The molecular formula is C26H27F3N4O6. The normalized spacial score (nSPS) is 14.5. The summed E-state index contributed by atoms with van der Waals surface area (Å²) in [7, 11) is 0. The fraction of sp³-hybridized carbons (Fsp3) is 0.308. The number of carbonyl (C=O) groups excluding carboxylic acids is 2. The number of halogens is 3. The van der Waals surface area contributed by atoms with Crippen LogP contribution in [0.4, 0.5) is 13.2 Å². The van der Waals surface area contributed by atoms with Gasteiger partial charge < -0.3 is 20.5 Å². The summed E-state index contributed by atoms with van der Waals surface area (Å²) in [6.45, 7) is 1.74. The first kappa shape index (κ1) is 29.3. The first-order chi connectivity index (χ1) is 18.5. The van der Waals surface area contributed by atoms with Crippen LogP contribution in [-0.2, 0) is 16.2 Å². The van der Waals surface area contributed by atoms with E-state index in [1.54, 1.807) is 17.6 Å². The van der Waals surface area contributed by atoms with Gasteiger partial charge in [-0.2, -0.15) is 13.2 Å². The van der Waals surface area contributed by atoms with E-state index in [0.29, 0.717) is 38.3 Å². The molecule has 0 bridgehead atoms. The summed E-state index contributed by atoms with van der Waals surface area (Å²) >= 11 is 0. The molecular weight excluding hydrogens is 521 g/mol. The van der Waals surface area contributed by atoms with E-state index < -0.39 is 23.6 Å². The van der Waals surface area contributed by atoms with Crippen molar-refractivity contribution >= 4 is 28.6 Å². The Labute approximate surface area is 221 Å². The smallest absolute Gasteiger partial charge is 0.487 e. The number of fused-ring (bicyclic) bond motifs is 1. The molecule has 0 spiro atoms. The number of nitrogens with zero attached hydrogens (tertiary/aromatic N) is 1. The van der Waals surface area contributed by atoms with Crippen LogP contribution in [0.25, 0.3) is 10.8 Å². The summed E-state index contributed by atoms with van der Waals surface area (Å²) in [4.78, 5) is 37.7. The number of hydrogen-bond acceptors (Lipinski definition) is 7. The molecule has 3 aromatic rings. The number of piperidine rings is 1. The van der Waals surface area contributed by atoms with Gasteiger partial charge in [0.25, 0.3) is 5.91 Å². The van der Waals surface area contributed by atoms with Gasteiger partial charge in [-0.25, -0.2) is 15.3 Å². The Morgan fingerprint density at radius 3 is 2.31 bits per heavy atom. The maximum Gasteiger partial charge on any atom is 0.490 e. The van der Waals surface area contributed by atoms with Crippen LogP contribution >= 0.6 is 0 Å². The van der Waals surface area contributed by atoms with E-state index in [1.165, 1.54) is 6.20 Å². The molecule has 1 aliphatic heterocycles. The summed E-state index contributed by atoms with van der Waals surface area (Å²) in [6.07, 6.45) is -2.39. The molecule has 2 amide bonds. The number of carboxylic acid groups (broad SMARTS) is 1. The van der Waals surface area contributed by atoms with Crippen molar-refractivity contribution in [2.75, 3.05) is 13.1 Å². The van der Waals surface area contributed by atoms with E-state index in [4.69, 9.17) is 19.8 Å². The van der Waals surface area contributed by atoms with Crippen LogP contribution < -0.4 is 20.9 Å². The molecule has 0 saturated carbocycles. The molecule has 0 radical (unpaired) electrons. The quantitative estimate of drug-likeness (QED) is 0.223. The van der Waals surface area contributed by atoms with Gasteiger partial charge in [0.2, 0.25) is 5.91 Å². The molecule has 13 heteroatoms. The molecule has 5 N–H and O–H groups in total. The molecule has 10 nitrogen and oxygen atoms in total. The SMILES string of the molecule is O=C(CC1(NC(=O)c2ccc(OCc3cccc4ccccc34)cn2)CCNCC1)NO.O=C(O)C(F)(F)F. The van der Waals surface area contributed by atoms with Crippen molar-refractivity contribution < 1.29 is 42.6 Å². The van der Waals surface area contributed by atoms with Crippen LogP contribution in [0.2, 0.25) is 0 Å². The van der Waals surface area contributed by atoms with Gasteiger partial charge in [0.1, 0.15) is 18.1 Å². The van der Waals surface area contributed by atoms with Gasteiger partial charge in [0.15, 0.2) is 0 Å². The van der Waals surface area contributed by atoms with Gasteiger partial charge in [0.05, 0.1) is 18.2 Å². The molecule has 0 aliphatic carbocycles. The van der Waals surface area contributed by atoms with Crippen molar-refractivity contribution in [3.05, 3.63) is 72.1 Å². The number of rotatable bonds is 7. The number of benzene rings is 2. The monoisotopic (exact) mass is 548 g/mol. The van der Waals surface area contributed by atoms with Crippen LogP contribution in [0.15, 0.2) is 60.8 Å². The van der Waals surface area contributed by atoms with E-state index in [-0.39, 0.29) is 18.0 Å². The third kappa shape index (κ3) is 8.38. The lowest BCUT2D eigenvalue weighted by Crippen LogP contribution is -2.56. The maximum absolute atomic E-state index is 12.8. The number of carboxylic acids is 1. The average molecular weight is 549 g/mol. The molecule has 1 saturated heterocycles. The molecule has 208 valence electrons. The maximum atomic E-state index is 12.8. The number of hydrogen-bond donors (Lipinski definition) is 5. The lowest BCUT2D eigenvalue weighted by Gasteiger charge is -2.37. The van der Waals surface area contributed by atoms with Crippen molar-refractivity contribution in [2.24, 2.45) is 0 Å². The highest BCUT2D eigenvalue weighted by Gasteiger charge is 2.38. The highest BCUT2D eigenvalue weighted by atomic mass is 19.4. The zero-order valence-corrected chi connectivity index (χ0v) is 20.6. The summed E-state index contributed by atoms with van der Waals surface area (Å²) in [5, 5.41) is 24.5. The molecule has 2 heterocycles. The molecule has 0 atom stereocenters.